The quantitative estimate of drug-likeness (QED) is 0.377. The van der Waals surface area contributed by atoms with Crippen molar-refractivity contribution in [3.63, 3.8) is 0 Å². The molecule has 0 heterocycles. The van der Waals surface area contributed by atoms with E-state index in [4.69, 9.17) is 10.5 Å². The minimum absolute atomic E-state index is 0.0840. The molecule has 0 saturated carbocycles. The van der Waals surface area contributed by atoms with Crippen LogP contribution in [-0.2, 0) is 19.1 Å². The molecule has 0 aliphatic carbocycles. The molecular formula is C27H44N4O5. The first-order chi connectivity index (χ1) is 16.8. The number of ether oxygens (including phenoxy) is 1. The van der Waals surface area contributed by atoms with E-state index in [1.54, 1.807) is 26.8 Å². The maximum Gasteiger partial charge on any atom is 0.408 e. The summed E-state index contributed by atoms with van der Waals surface area (Å²) in [5.41, 5.74) is 6.21. The summed E-state index contributed by atoms with van der Waals surface area (Å²) in [4.78, 5) is 53.2. The summed E-state index contributed by atoms with van der Waals surface area (Å²) < 4.78 is 5.30. The van der Waals surface area contributed by atoms with Crippen LogP contribution in [0.1, 0.15) is 90.8 Å². The molecule has 1 rings (SSSR count). The SMILES string of the molecule is CCCCN(C(=O)C(CC(N)=O)NC(=O)OC(C)(C)C)C(C(=O)NC(C)CCC)c1cccc(C)c1. The molecule has 3 atom stereocenters. The van der Waals surface area contributed by atoms with Gasteiger partial charge in [-0.1, -0.05) is 56.5 Å². The highest BCUT2D eigenvalue weighted by atomic mass is 16.6. The van der Waals surface area contributed by atoms with Crippen LogP contribution in [0.2, 0.25) is 0 Å². The largest absolute Gasteiger partial charge is 0.444 e. The first-order valence-corrected chi connectivity index (χ1v) is 12.7. The van der Waals surface area contributed by atoms with Gasteiger partial charge in [0.25, 0.3) is 0 Å². The van der Waals surface area contributed by atoms with Crippen LogP contribution in [0.5, 0.6) is 0 Å². The lowest BCUT2D eigenvalue weighted by molar-refractivity contribution is -0.143. The Kier molecular flexibility index (Phi) is 12.4. The number of amides is 4. The lowest BCUT2D eigenvalue weighted by Gasteiger charge is -2.35. The van der Waals surface area contributed by atoms with Gasteiger partial charge in [0.1, 0.15) is 17.7 Å². The Labute approximate surface area is 215 Å². The fraction of sp³-hybridized carbons (Fsp3) is 0.630. The van der Waals surface area contributed by atoms with Crippen LogP contribution in [0.25, 0.3) is 0 Å². The van der Waals surface area contributed by atoms with Crippen LogP contribution in [-0.4, -0.2) is 52.9 Å². The number of nitrogens with two attached hydrogens (primary N) is 1. The molecular weight excluding hydrogens is 460 g/mol. The molecule has 9 heteroatoms. The van der Waals surface area contributed by atoms with E-state index in [1.165, 1.54) is 4.90 Å². The molecule has 0 aromatic heterocycles. The number of alkyl carbamates (subject to hydrolysis) is 1. The van der Waals surface area contributed by atoms with Crippen molar-refractivity contribution < 1.29 is 23.9 Å². The average molecular weight is 505 g/mol. The van der Waals surface area contributed by atoms with E-state index < -0.39 is 42.0 Å². The van der Waals surface area contributed by atoms with Crippen molar-refractivity contribution in [2.45, 2.75) is 104 Å². The Bertz CT molecular complexity index is 896. The summed E-state index contributed by atoms with van der Waals surface area (Å²) in [6, 6.07) is 5.11. The highest BCUT2D eigenvalue weighted by Gasteiger charge is 2.37. The first-order valence-electron chi connectivity index (χ1n) is 12.7. The smallest absolute Gasteiger partial charge is 0.408 e. The second-order valence-electron chi connectivity index (χ2n) is 10.3. The molecule has 1 aromatic rings. The van der Waals surface area contributed by atoms with Gasteiger partial charge in [-0.25, -0.2) is 4.79 Å². The number of carbonyl (C=O) groups excluding carboxylic acids is 4. The fourth-order valence-corrected chi connectivity index (χ4v) is 3.89. The lowest BCUT2D eigenvalue weighted by Crippen LogP contribution is -2.54. The zero-order chi connectivity index (χ0) is 27.5. The number of unbranched alkanes of at least 4 members (excludes halogenated alkanes) is 1. The highest BCUT2D eigenvalue weighted by molar-refractivity contribution is 5.94. The molecule has 1 aromatic carbocycles. The number of rotatable bonds is 13. The highest BCUT2D eigenvalue weighted by Crippen LogP contribution is 2.25. The maximum absolute atomic E-state index is 13.9. The number of aryl methyl sites for hydroxylation is 1. The molecule has 3 unspecified atom stereocenters. The van der Waals surface area contributed by atoms with Gasteiger partial charge in [-0.05, 0) is 53.0 Å². The number of hydrogen-bond acceptors (Lipinski definition) is 5. The zero-order valence-electron chi connectivity index (χ0n) is 22.8. The molecule has 4 N–H and O–H groups in total. The zero-order valence-corrected chi connectivity index (χ0v) is 22.8. The van der Waals surface area contributed by atoms with Crippen LogP contribution in [0.15, 0.2) is 24.3 Å². The summed E-state index contributed by atoms with van der Waals surface area (Å²) in [6.45, 7) is 13.2. The summed E-state index contributed by atoms with van der Waals surface area (Å²) >= 11 is 0. The molecule has 0 aliphatic rings. The predicted molar refractivity (Wildman–Crippen MR) is 140 cm³/mol. The predicted octanol–water partition coefficient (Wildman–Crippen LogP) is 3.74. The standard InChI is InChI=1S/C27H44N4O5/c1-8-10-15-31(25(34)21(17-22(28)32)30-26(35)36-27(5,6)7)23(20-14-11-13-18(3)16-20)24(33)29-19(4)12-9-2/h11,13-14,16,19,21,23H,8-10,12,15,17H2,1-7H3,(H2,28,32)(H,29,33)(H,30,35). The van der Waals surface area contributed by atoms with Gasteiger partial charge in [0, 0.05) is 12.6 Å². The Morgan fingerprint density at radius 1 is 1.08 bits per heavy atom. The Morgan fingerprint density at radius 2 is 1.75 bits per heavy atom. The number of primary amides is 1. The van der Waals surface area contributed by atoms with Crippen molar-refractivity contribution in [1.29, 1.82) is 0 Å². The van der Waals surface area contributed by atoms with E-state index in [2.05, 4.69) is 10.6 Å². The van der Waals surface area contributed by atoms with Gasteiger partial charge < -0.3 is 26.0 Å². The van der Waals surface area contributed by atoms with Crippen molar-refractivity contribution in [2.75, 3.05) is 6.54 Å². The van der Waals surface area contributed by atoms with E-state index in [0.717, 1.165) is 24.8 Å². The topological polar surface area (TPSA) is 131 Å². The van der Waals surface area contributed by atoms with Gasteiger partial charge in [0.05, 0.1) is 6.42 Å². The summed E-state index contributed by atoms with van der Waals surface area (Å²) in [6.07, 6.45) is 1.83. The van der Waals surface area contributed by atoms with Crippen molar-refractivity contribution in [1.82, 2.24) is 15.5 Å². The second-order valence-corrected chi connectivity index (χ2v) is 10.3. The van der Waals surface area contributed by atoms with Gasteiger partial charge >= 0.3 is 6.09 Å². The number of hydrogen-bond donors (Lipinski definition) is 3. The van der Waals surface area contributed by atoms with E-state index in [-0.39, 0.29) is 18.5 Å². The molecule has 36 heavy (non-hydrogen) atoms. The molecule has 0 aliphatic heterocycles. The van der Waals surface area contributed by atoms with Crippen molar-refractivity contribution in [2.24, 2.45) is 5.73 Å². The van der Waals surface area contributed by atoms with Crippen LogP contribution in [0.4, 0.5) is 4.79 Å². The van der Waals surface area contributed by atoms with Gasteiger partial charge in [-0.2, -0.15) is 0 Å². The van der Waals surface area contributed by atoms with Crippen molar-refractivity contribution in [3.8, 4) is 0 Å². The number of carbonyl (C=O) groups is 4. The van der Waals surface area contributed by atoms with Crippen LogP contribution >= 0.6 is 0 Å². The molecule has 0 spiro atoms. The third-order valence-electron chi connectivity index (χ3n) is 5.46. The van der Waals surface area contributed by atoms with Gasteiger partial charge in [-0.3, -0.25) is 14.4 Å². The molecule has 4 amide bonds. The van der Waals surface area contributed by atoms with Crippen molar-refractivity contribution in [3.05, 3.63) is 35.4 Å². The summed E-state index contributed by atoms with van der Waals surface area (Å²) in [5, 5.41) is 5.52. The normalized spacial score (nSPS) is 13.8. The average Bonchev–Trinajstić information content (AvgIpc) is 2.74. The van der Waals surface area contributed by atoms with Gasteiger partial charge in [-0.15, -0.1) is 0 Å². The Morgan fingerprint density at radius 3 is 2.28 bits per heavy atom. The molecule has 9 nitrogen and oxygen atoms in total. The Balaban J connectivity index is 3.47. The fourth-order valence-electron chi connectivity index (χ4n) is 3.89. The number of nitrogens with zero attached hydrogens (tertiary/aromatic N) is 1. The van der Waals surface area contributed by atoms with Crippen molar-refractivity contribution >= 4 is 23.8 Å². The van der Waals surface area contributed by atoms with E-state index in [1.807, 2.05) is 45.9 Å². The molecule has 202 valence electrons. The Hall–Kier alpha value is -3.10. The van der Waals surface area contributed by atoms with Crippen LogP contribution in [0, 0.1) is 6.92 Å². The molecule has 0 fully saturated rings. The molecule has 0 radical (unpaired) electrons. The lowest BCUT2D eigenvalue weighted by atomic mass is 9.99. The molecule has 0 saturated heterocycles. The number of benzene rings is 1. The maximum atomic E-state index is 13.9. The number of nitrogens with one attached hydrogen (secondary N) is 2. The minimum atomic E-state index is -1.28. The minimum Gasteiger partial charge on any atom is -0.444 e. The van der Waals surface area contributed by atoms with Crippen LogP contribution < -0.4 is 16.4 Å². The second kappa shape index (κ2) is 14.5. The van der Waals surface area contributed by atoms with E-state index in [9.17, 15) is 19.2 Å². The third kappa shape index (κ3) is 10.7. The van der Waals surface area contributed by atoms with Gasteiger partial charge in [0.2, 0.25) is 17.7 Å². The summed E-state index contributed by atoms with van der Waals surface area (Å²) in [7, 11) is 0. The van der Waals surface area contributed by atoms with E-state index >= 15 is 0 Å². The van der Waals surface area contributed by atoms with Crippen LogP contribution in [0.3, 0.4) is 0 Å². The molecule has 0 bridgehead atoms. The summed E-state index contributed by atoms with van der Waals surface area (Å²) in [5.74, 6) is -1.65. The third-order valence-corrected chi connectivity index (χ3v) is 5.46. The monoisotopic (exact) mass is 504 g/mol. The first kappa shape index (κ1) is 30.9. The van der Waals surface area contributed by atoms with Gasteiger partial charge in [0.15, 0.2) is 0 Å². The van der Waals surface area contributed by atoms with E-state index in [0.29, 0.717) is 12.0 Å².